The summed E-state index contributed by atoms with van der Waals surface area (Å²) in [7, 11) is 4.66. The molecule has 2 aliphatic carbocycles. The minimum Gasteiger partial charge on any atom is -0.473 e. The highest BCUT2D eigenvalue weighted by Crippen LogP contribution is 2.38. The topological polar surface area (TPSA) is 143 Å². The first-order valence-corrected chi connectivity index (χ1v) is 12.3. The molecule has 3 rings (SSSR count). The Morgan fingerprint density at radius 3 is 2.43 bits per heavy atom. The van der Waals surface area contributed by atoms with Gasteiger partial charge in [0, 0.05) is 20.1 Å². The summed E-state index contributed by atoms with van der Waals surface area (Å²) in [5.41, 5.74) is 3.24. The summed E-state index contributed by atoms with van der Waals surface area (Å²) >= 11 is 6.09. The number of hydrogen-bond donors (Lipinski definition) is 4. The fraction of sp³-hybridized carbons (Fsp3) is 0.696. The van der Waals surface area contributed by atoms with Gasteiger partial charge in [-0.25, -0.2) is 15.2 Å². The Hall–Kier alpha value is -2.82. The van der Waals surface area contributed by atoms with Crippen LogP contribution in [-0.2, 0) is 9.53 Å². The van der Waals surface area contributed by atoms with Crippen LogP contribution >= 0.6 is 11.6 Å². The standard InChI is InChI=1S/C12H24N2O.C9H11ClN4O2.C2H4O2/c1-10(14-12(15)13-2)8-9-11-6-4-3-5-7-11;1-11-8-6(13-14-15)4-12-9(7(8)10)16-5-2-3-5;1-4-2-3/h10-11H,3-9H2,1-2H3,(H2,13,14,15);4-5H,2-3H2,1H3,(H,11,12)(H,13,15);2H,1H3. The van der Waals surface area contributed by atoms with E-state index in [1.165, 1.54) is 51.8 Å². The molecule has 0 aromatic carbocycles. The summed E-state index contributed by atoms with van der Waals surface area (Å²) in [5.74, 6) is 1.29. The Kier molecular flexibility index (Phi) is 15.2. The number of pyridine rings is 1. The minimum atomic E-state index is -0.0638. The lowest BCUT2D eigenvalue weighted by Gasteiger charge is -2.23. The highest BCUT2D eigenvalue weighted by molar-refractivity contribution is 6.35. The van der Waals surface area contributed by atoms with Gasteiger partial charge in [0.15, 0.2) is 0 Å². The van der Waals surface area contributed by atoms with Gasteiger partial charge >= 0.3 is 6.03 Å². The predicted octanol–water partition coefficient (Wildman–Crippen LogP) is 4.86. The summed E-state index contributed by atoms with van der Waals surface area (Å²) in [6.07, 6.45) is 13.1. The third kappa shape index (κ3) is 12.4. The molecule has 2 saturated carbocycles. The number of nitrogens with zero attached hydrogens (tertiary/aromatic N) is 2. The van der Waals surface area contributed by atoms with Crippen molar-refractivity contribution in [2.75, 3.05) is 31.9 Å². The van der Waals surface area contributed by atoms with Gasteiger partial charge in [0.25, 0.3) is 6.47 Å². The Bertz CT molecular complexity index is 775. The molecule has 1 heterocycles. The molecular weight excluding hydrogens is 476 g/mol. The zero-order chi connectivity index (χ0) is 26.1. The van der Waals surface area contributed by atoms with Gasteiger partial charge in [-0.05, 0) is 38.5 Å². The quantitative estimate of drug-likeness (QED) is 0.197. The third-order valence-electron chi connectivity index (χ3n) is 5.64. The van der Waals surface area contributed by atoms with E-state index in [9.17, 15) is 9.70 Å². The number of methoxy groups -OCH3 is 1. The van der Waals surface area contributed by atoms with Crippen molar-refractivity contribution in [1.29, 1.82) is 0 Å². The first-order valence-electron chi connectivity index (χ1n) is 12.0. The molecule has 1 atom stereocenters. The number of carbonyl (C=O) groups excluding carboxylic acids is 2. The van der Waals surface area contributed by atoms with E-state index in [4.69, 9.17) is 21.1 Å². The van der Waals surface area contributed by atoms with E-state index in [-0.39, 0.29) is 12.1 Å². The Morgan fingerprint density at radius 1 is 1.26 bits per heavy atom. The Labute approximate surface area is 212 Å². The van der Waals surface area contributed by atoms with Gasteiger partial charge in [-0.1, -0.05) is 43.7 Å². The van der Waals surface area contributed by atoms with Crippen molar-refractivity contribution in [3.8, 4) is 5.88 Å². The minimum absolute atomic E-state index is 0.0638. The van der Waals surface area contributed by atoms with Crippen molar-refractivity contribution in [3.05, 3.63) is 16.1 Å². The number of aromatic nitrogens is 1. The number of ether oxygens (including phenoxy) is 2. The summed E-state index contributed by atoms with van der Waals surface area (Å²) in [4.78, 5) is 34.2. The largest absolute Gasteiger partial charge is 0.473 e. The lowest BCUT2D eigenvalue weighted by atomic mass is 9.85. The van der Waals surface area contributed by atoms with E-state index in [2.05, 4.69) is 43.3 Å². The summed E-state index contributed by atoms with van der Waals surface area (Å²) in [5, 5.41) is 11.3. The second-order valence-electron chi connectivity index (χ2n) is 8.47. The number of hydrogen-bond acceptors (Lipinski definition) is 8. The molecule has 0 saturated heterocycles. The molecule has 35 heavy (non-hydrogen) atoms. The lowest BCUT2D eigenvalue weighted by Crippen LogP contribution is -2.39. The molecular formula is C23H39ClN6O5. The molecule has 0 radical (unpaired) electrons. The van der Waals surface area contributed by atoms with Crippen LogP contribution in [-0.4, -0.2) is 50.8 Å². The fourth-order valence-corrected chi connectivity index (χ4v) is 3.89. The molecule has 1 aromatic rings. The van der Waals surface area contributed by atoms with E-state index < -0.39 is 0 Å². The van der Waals surface area contributed by atoms with Crippen LogP contribution in [0.4, 0.5) is 16.2 Å². The van der Waals surface area contributed by atoms with Gasteiger partial charge in [-0.3, -0.25) is 4.79 Å². The number of carbonyl (C=O) groups is 2. The van der Waals surface area contributed by atoms with E-state index >= 15 is 0 Å². The van der Waals surface area contributed by atoms with Crippen molar-refractivity contribution in [2.24, 2.45) is 11.2 Å². The van der Waals surface area contributed by atoms with E-state index in [1.807, 2.05) is 0 Å². The average molecular weight is 515 g/mol. The maximum atomic E-state index is 11.1. The molecule has 2 amide bonds. The van der Waals surface area contributed by atoms with Crippen molar-refractivity contribution in [3.63, 3.8) is 0 Å². The van der Waals surface area contributed by atoms with Gasteiger partial charge in [-0.15, -0.1) is 4.91 Å². The van der Waals surface area contributed by atoms with E-state index in [0.29, 0.717) is 34.8 Å². The van der Waals surface area contributed by atoms with Gasteiger partial charge in [0.1, 0.15) is 16.8 Å². The number of anilines is 2. The molecule has 4 N–H and O–H groups in total. The molecule has 0 bridgehead atoms. The number of nitrogens with one attached hydrogen (secondary N) is 4. The van der Waals surface area contributed by atoms with Gasteiger partial charge in [0.2, 0.25) is 5.88 Å². The highest BCUT2D eigenvalue weighted by Gasteiger charge is 2.26. The van der Waals surface area contributed by atoms with Crippen molar-refractivity contribution in [2.45, 2.75) is 76.9 Å². The second-order valence-corrected chi connectivity index (χ2v) is 8.85. The number of rotatable bonds is 10. The first kappa shape index (κ1) is 30.2. The molecule has 0 aliphatic heterocycles. The van der Waals surface area contributed by atoms with Crippen LogP contribution < -0.4 is 26.1 Å². The van der Waals surface area contributed by atoms with Crippen molar-refractivity contribution < 1.29 is 19.1 Å². The molecule has 12 heteroatoms. The molecule has 198 valence electrons. The SMILES string of the molecule is CNC(=O)NC(C)CCC1CCCCC1.CNc1c(NN=O)cnc(OC2CC2)c1Cl.COC=O. The average Bonchev–Trinajstić information content (AvgIpc) is 3.70. The normalized spacial score (nSPS) is 15.6. The van der Waals surface area contributed by atoms with E-state index in [1.54, 1.807) is 14.1 Å². The van der Waals surface area contributed by atoms with Gasteiger partial charge < -0.3 is 25.4 Å². The zero-order valence-electron chi connectivity index (χ0n) is 21.1. The van der Waals surface area contributed by atoms with Crippen molar-refractivity contribution in [1.82, 2.24) is 15.6 Å². The Balaban J connectivity index is 0.000000305. The molecule has 1 unspecified atom stereocenters. The van der Waals surface area contributed by atoms with Crippen LogP contribution in [0.1, 0.15) is 64.7 Å². The van der Waals surface area contributed by atoms with Crippen LogP contribution in [0, 0.1) is 10.8 Å². The fourth-order valence-electron chi connectivity index (χ4n) is 3.60. The summed E-state index contributed by atoms with van der Waals surface area (Å²) in [6, 6.07) is 0.234. The van der Waals surface area contributed by atoms with Crippen molar-refractivity contribution >= 4 is 35.5 Å². The highest BCUT2D eigenvalue weighted by atomic mass is 35.5. The third-order valence-corrected chi connectivity index (χ3v) is 5.99. The van der Waals surface area contributed by atoms with Crippen LogP contribution in [0.15, 0.2) is 11.5 Å². The summed E-state index contributed by atoms with van der Waals surface area (Å²) < 4.78 is 9.37. The zero-order valence-corrected chi connectivity index (χ0v) is 21.8. The maximum absolute atomic E-state index is 11.1. The lowest BCUT2D eigenvalue weighted by molar-refractivity contribution is -0.126. The number of urea groups is 1. The summed E-state index contributed by atoms with van der Waals surface area (Å²) in [6.45, 7) is 2.46. The molecule has 11 nitrogen and oxygen atoms in total. The van der Waals surface area contributed by atoms with E-state index in [0.717, 1.165) is 25.2 Å². The predicted molar refractivity (Wildman–Crippen MR) is 138 cm³/mol. The van der Waals surface area contributed by atoms with Crippen LogP contribution in [0.3, 0.4) is 0 Å². The van der Waals surface area contributed by atoms with Crippen LogP contribution in [0.5, 0.6) is 5.88 Å². The maximum Gasteiger partial charge on any atom is 0.314 e. The van der Waals surface area contributed by atoms with Crippen LogP contribution in [0.2, 0.25) is 5.02 Å². The molecule has 0 spiro atoms. The molecule has 2 fully saturated rings. The Morgan fingerprint density at radius 2 is 1.91 bits per heavy atom. The van der Waals surface area contributed by atoms with Gasteiger partial charge in [-0.2, -0.15) is 0 Å². The van der Waals surface area contributed by atoms with Gasteiger partial charge in [0.05, 0.1) is 24.3 Å². The smallest absolute Gasteiger partial charge is 0.314 e. The van der Waals surface area contributed by atoms with Crippen LogP contribution in [0.25, 0.3) is 0 Å². The number of halogens is 1. The number of nitroso groups, excluding NO2 is 1. The first-order chi connectivity index (χ1) is 16.9. The molecule has 1 aromatic heterocycles. The number of amides is 2. The monoisotopic (exact) mass is 514 g/mol. The second kappa shape index (κ2) is 17.6. The molecule has 2 aliphatic rings.